The van der Waals surface area contributed by atoms with E-state index in [2.05, 4.69) is 20.7 Å². The number of nitrogens with zero attached hydrogens (tertiary/aromatic N) is 5. The Morgan fingerprint density at radius 3 is 2.55 bits per heavy atom. The molecule has 13 nitrogen and oxygen atoms in total. The topological polar surface area (TPSA) is 143 Å². The van der Waals surface area contributed by atoms with Crippen LogP contribution in [0.1, 0.15) is 37.5 Å². The molecule has 0 unspecified atom stereocenters. The molecule has 5 rings (SSSR count). The van der Waals surface area contributed by atoms with Crippen molar-refractivity contribution < 1.29 is 33.0 Å². The van der Waals surface area contributed by atoms with Crippen molar-refractivity contribution in [3.63, 3.8) is 0 Å². The molecule has 1 aromatic carbocycles. The number of methoxy groups -OCH3 is 2. The van der Waals surface area contributed by atoms with Crippen molar-refractivity contribution >= 4 is 11.8 Å². The summed E-state index contributed by atoms with van der Waals surface area (Å²) in [7, 11) is 3.10. The summed E-state index contributed by atoms with van der Waals surface area (Å²) in [5.74, 6) is 1.03. The number of furan rings is 1. The molecule has 2 aliphatic heterocycles. The van der Waals surface area contributed by atoms with Gasteiger partial charge in [-0.05, 0) is 61.2 Å². The number of benzene rings is 1. The van der Waals surface area contributed by atoms with E-state index < -0.39 is 6.04 Å². The van der Waals surface area contributed by atoms with Gasteiger partial charge in [0.1, 0.15) is 12.3 Å². The monoisotopic (exact) mass is 554 g/mol. The van der Waals surface area contributed by atoms with E-state index in [0.717, 1.165) is 25.7 Å². The predicted octanol–water partition coefficient (Wildman–Crippen LogP) is 1.99. The molecule has 214 valence electrons. The highest BCUT2D eigenvalue weighted by Gasteiger charge is 2.36. The number of carbonyl (C=O) groups excluding carboxylic acids is 2. The smallest absolute Gasteiger partial charge is 0.250 e. The summed E-state index contributed by atoms with van der Waals surface area (Å²) in [6.07, 6.45) is 4.77. The van der Waals surface area contributed by atoms with Crippen LogP contribution in [0.15, 0.2) is 41.0 Å². The van der Waals surface area contributed by atoms with Crippen LogP contribution in [0.5, 0.6) is 11.5 Å². The Morgan fingerprint density at radius 2 is 1.88 bits per heavy atom. The maximum Gasteiger partial charge on any atom is 0.250 e. The molecule has 0 aliphatic carbocycles. The third-order valence-corrected chi connectivity index (χ3v) is 7.02. The summed E-state index contributed by atoms with van der Waals surface area (Å²) in [6, 6.07) is 7.64. The Morgan fingerprint density at radius 1 is 1.10 bits per heavy atom. The summed E-state index contributed by atoms with van der Waals surface area (Å²) in [5.41, 5.74) is 0.648. The van der Waals surface area contributed by atoms with E-state index in [1.807, 2.05) is 0 Å². The second-order valence-electron chi connectivity index (χ2n) is 9.69. The molecule has 2 saturated heterocycles. The zero-order chi connectivity index (χ0) is 27.9. The van der Waals surface area contributed by atoms with Crippen LogP contribution in [0.3, 0.4) is 0 Å². The normalized spacial score (nSPS) is 19.4. The number of ether oxygens (including phenoxy) is 4. The molecule has 0 spiro atoms. The minimum absolute atomic E-state index is 0.0436. The summed E-state index contributed by atoms with van der Waals surface area (Å²) in [5, 5.41) is 15.6. The highest BCUT2D eigenvalue weighted by Crippen LogP contribution is 2.31. The Balaban J connectivity index is 1.36. The lowest BCUT2D eigenvalue weighted by Gasteiger charge is -2.31. The van der Waals surface area contributed by atoms with Crippen molar-refractivity contribution in [3.05, 3.63) is 42.4 Å². The van der Waals surface area contributed by atoms with Crippen molar-refractivity contribution in [1.82, 2.24) is 30.4 Å². The molecule has 0 bridgehead atoms. The van der Waals surface area contributed by atoms with Crippen molar-refractivity contribution in [2.24, 2.45) is 0 Å². The Hall–Kier alpha value is -3.97. The first-order chi connectivity index (χ1) is 19.6. The molecular weight excluding hydrogens is 520 g/mol. The standard InChI is InChI=1S/C27H34N6O7/c1-36-21-10-9-18(14-23(21)37-2)26-29-31-33(30-26)17-24(34)32(16-20-7-4-12-39-20)25(22-8-5-13-40-22)27(35)28-15-19-6-3-11-38-19/h5,8-10,13-14,19-20,25H,3-4,6-7,11-12,15-17H2,1-2H3,(H,28,35)/t19-,20+,25-/m1/s1. The summed E-state index contributed by atoms with van der Waals surface area (Å²) in [4.78, 5) is 30.0. The zero-order valence-corrected chi connectivity index (χ0v) is 22.7. The Labute approximate surface area is 231 Å². The van der Waals surface area contributed by atoms with Gasteiger partial charge in [0.2, 0.25) is 11.7 Å². The van der Waals surface area contributed by atoms with E-state index in [1.54, 1.807) is 44.6 Å². The third kappa shape index (κ3) is 6.42. The summed E-state index contributed by atoms with van der Waals surface area (Å²) in [6.45, 7) is 1.64. The van der Waals surface area contributed by atoms with Gasteiger partial charge in [0.15, 0.2) is 17.5 Å². The van der Waals surface area contributed by atoms with Crippen LogP contribution in [0.2, 0.25) is 0 Å². The lowest BCUT2D eigenvalue weighted by Crippen LogP contribution is -2.48. The lowest BCUT2D eigenvalue weighted by molar-refractivity contribution is -0.144. The molecule has 0 saturated carbocycles. The zero-order valence-electron chi connectivity index (χ0n) is 22.7. The van der Waals surface area contributed by atoms with Crippen LogP contribution in [0.25, 0.3) is 11.4 Å². The molecule has 2 aromatic heterocycles. The number of carbonyl (C=O) groups is 2. The quantitative estimate of drug-likeness (QED) is 0.353. The molecule has 4 heterocycles. The molecule has 40 heavy (non-hydrogen) atoms. The van der Waals surface area contributed by atoms with Gasteiger partial charge in [0, 0.05) is 31.9 Å². The fraction of sp³-hybridized carbons (Fsp3) is 0.519. The molecule has 3 atom stereocenters. The van der Waals surface area contributed by atoms with Crippen LogP contribution >= 0.6 is 0 Å². The maximum absolute atomic E-state index is 13.8. The van der Waals surface area contributed by atoms with Gasteiger partial charge in [0.25, 0.3) is 5.91 Å². The number of hydrogen-bond acceptors (Lipinski definition) is 10. The van der Waals surface area contributed by atoms with Crippen LogP contribution < -0.4 is 14.8 Å². The van der Waals surface area contributed by atoms with Crippen LogP contribution in [0.4, 0.5) is 0 Å². The summed E-state index contributed by atoms with van der Waals surface area (Å²) < 4.78 is 27.8. The van der Waals surface area contributed by atoms with Crippen LogP contribution in [0, 0.1) is 0 Å². The van der Waals surface area contributed by atoms with Crippen molar-refractivity contribution in [2.45, 2.75) is 50.5 Å². The van der Waals surface area contributed by atoms with E-state index >= 15 is 0 Å². The molecule has 0 radical (unpaired) electrons. The number of hydrogen-bond donors (Lipinski definition) is 1. The first kappa shape index (κ1) is 27.6. The Bertz CT molecular complexity index is 1270. The fourth-order valence-corrected chi connectivity index (χ4v) is 4.96. The van der Waals surface area contributed by atoms with Crippen LogP contribution in [-0.4, -0.2) is 89.7 Å². The lowest BCUT2D eigenvalue weighted by atomic mass is 10.1. The highest BCUT2D eigenvalue weighted by molar-refractivity contribution is 5.88. The molecular formula is C27H34N6O7. The maximum atomic E-state index is 13.8. The average Bonchev–Trinajstić information content (AvgIpc) is 3.80. The van der Waals surface area contributed by atoms with Gasteiger partial charge >= 0.3 is 0 Å². The molecule has 2 aliphatic rings. The fourth-order valence-electron chi connectivity index (χ4n) is 4.96. The number of amides is 2. The first-order valence-electron chi connectivity index (χ1n) is 13.4. The van der Waals surface area contributed by atoms with Crippen molar-refractivity contribution in [1.29, 1.82) is 0 Å². The predicted molar refractivity (Wildman–Crippen MR) is 140 cm³/mol. The number of nitrogens with one attached hydrogen (secondary N) is 1. The average molecular weight is 555 g/mol. The molecule has 3 aromatic rings. The van der Waals surface area contributed by atoms with Crippen LogP contribution in [-0.2, 0) is 25.6 Å². The first-order valence-corrected chi connectivity index (χ1v) is 13.4. The van der Waals surface area contributed by atoms with E-state index in [9.17, 15) is 9.59 Å². The minimum Gasteiger partial charge on any atom is -0.493 e. The second-order valence-corrected chi connectivity index (χ2v) is 9.69. The van der Waals surface area contributed by atoms with Gasteiger partial charge in [-0.25, -0.2) is 0 Å². The molecule has 1 N–H and O–H groups in total. The van der Waals surface area contributed by atoms with Gasteiger partial charge in [-0.3, -0.25) is 9.59 Å². The second kappa shape index (κ2) is 12.9. The minimum atomic E-state index is -0.998. The molecule has 2 fully saturated rings. The van der Waals surface area contributed by atoms with E-state index in [0.29, 0.717) is 48.4 Å². The van der Waals surface area contributed by atoms with Gasteiger partial charge in [0.05, 0.1) is 32.7 Å². The highest BCUT2D eigenvalue weighted by atomic mass is 16.5. The van der Waals surface area contributed by atoms with Gasteiger partial charge in [-0.2, -0.15) is 4.80 Å². The summed E-state index contributed by atoms with van der Waals surface area (Å²) >= 11 is 0. The number of aromatic nitrogens is 4. The van der Waals surface area contributed by atoms with Gasteiger partial charge < -0.3 is 33.6 Å². The van der Waals surface area contributed by atoms with E-state index in [4.69, 9.17) is 23.4 Å². The number of tetrazole rings is 1. The molecule has 2 amide bonds. The van der Waals surface area contributed by atoms with Gasteiger partial charge in [-0.1, -0.05) is 0 Å². The van der Waals surface area contributed by atoms with Crippen molar-refractivity contribution in [3.8, 4) is 22.9 Å². The van der Waals surface area contributed by atoms with Gasteiger partial charge in [-0.15, -0.1) is 10.2 Å². The third-order valence-electron chi connectivity index (χ3n) is 7.02. The van der Waals surface area contributed by atoms with E-state index in [-0.39, 0.29) is 37.1 Å². The number of rotatable bonds is 12. The van der Waals surface area contributed by atoms with E-state index in [1.165, 1.54) is 16.0 Å². The van der Waals surface area contributed by atoms with Crippen molar-refractivity contribution in [2.75, 3.05) is 40.5 Å². The SMILES string of the molecule is COc1ccc(-c2nnn(CC(=O)N(C[C@@H]3CCCO3)[C@@H](C(=O)NC[C@H]3CCCO3)c3ccco3)n2)cc1OC. The molecule has 13 heteroatoms. The Kier molecular flexibility index (Phi) is 8.91. The largest absolute Gasteiger partial charge is 0.493 e.